The summed E-state index contributed by atoms with van der Waals surface area (Å²) in [7, 11) is 0. The van der Waals surface area contributed by atoms with Crippen molar-refractivity contribution in [3.63, 3.8) is 0 Å². The minimum absolute atomic E-state index is 0.0709. The Morgan fingerprint density at radius 3 is 1.69 bits per heavy atom. The molecule has 1 aliphatic rings. The van der Waals surface area contributed by atoms with E-state index in [1.54, 1.807) is 36.4 Å². The molecule has 49 heavy (non-hydrogen) atoms. The zero-order valence-corrected chi connectivity index (χ0v) is 29.9. The van der Waals surface area contributed by atoms with Crippen LogP contribution in [-0.4, -0.2) is 51.1 Å². The van der Waals surface area contributed by atoms with Crippen molar-refractivity contribution in [2.24, 2.45) is 5.41 Å². The smallest absolute Gasteiger partial charge is 0.343 e. The molecular formula is C42H56O7. The monoisotopic (exact) mass is 672 g/mol. The average molecular weight is 673 g/mol. The fraction of sp³-hybridized carbons (Fsp3) is 0.524. The van der Waals surface area contributed by atoms with Crippen LogP contribution in [0.4, 0.5) is 0 Å². The van der Waals surface area contributed by atoms with Crippen LogP contribution < -0.4 is 9.47 Å². The van der Waals surface area contributed by atoms with E-state index in [0.29, 0.717) is 16.9 Å². The molecule has 0 radical (unpaired) electrons. The fourth-order valence-corrected chi connectivity index (χ4v) is 5.90. The largest absolute Gasteiger partial charge is 0.494 e. The van der Waals surface area contributed by atoms with Gasteiger partial charge in [0.2, 0.25) is 0 Å². The molecule has 1 aliphatic heterocycles. The summed E-state index contributed by atoms with van der Waals surface area (Å²) < 4.78 is 28.3. The Balaban J connectivity index is 1.08. The van der Waals surface area contributed by atoms with Gasteiger partial charge in [-0.15, -0.1) is 0 Å². The van der Waals surface area contributed by atoms with Crippen molar-refractivity contribution in [2.45, 2.75) is 104 Å². The summed E-state index contributed by atoms with van der Waals surface area (Å²) in [5.41, 5.74) is 3.19. The summed E-state index contributed by atoms with van der Waals surface area (Å²) in [6.45, 7) is 10.5. The molecule has 0 bridgehead atoms. The van der Waals surface area contributed by atoms with Gasteiger partial charge in [0.1, 0.15) is 17.6 Å². The standard InChI is InChI=1S/C42H56O7/c1-4-14-38(15-5-2)48-41(44)36-22-26-39(27-23-36)49-40(43)35-18-16-33(17-19-35)34-20-24-37(25-21-34)47-29-13-11-9-7-6-8-10-12-28-45-30-42(3)31-46-32-42/h16-27,38H,4-15,28-32H2,1-3H3. The molecule has 0 aliphatic carbocycles. The maximum Gasteiger partial charge on any atom is 0.343 e. The number of hydrogen-bond acceptors (Lipinski definition) is 7. The van der Waals surface area contributed by atoms with Crippen molar-refractivity contribution in [3.05, 3.63) is 83.9 Å². The molecule has 7 nitrogen and oxygen atoms in total. The first-order chi connectivity index (χ1) is 23.9. The summed E-state index contributed by atoms with van der Waals surface area (Å²) in [5.74, 6) is 0.432. The third-order valence-electron chi connectivity index (χ3n) is 8.91. The second-order valence-corrected chi connectivity index (χ2v) is 13.7. The van der Waals surface area contributed by atoms with Crippen LogP contribution in [0.3, 0.4) is 0 Å². The molecule has 0 saturated carbocycles. The van der Waals surface area contributed by atoms with Crippen LogP contribution in [0.15, 0.2) is 72.8 Å². The molecule has 7 heteroatoms. The van der Waals surface area contributed by atoms with Crippen molar-refractivity contribution in [2.75, 3.05) is 33.0 Å². The molecule has 0 amide bonds. The van der Waals surface area contributed by atoms with Gasteiger partial charge in [-0.3, -0.25) is 0 Å². The van der Waals surface area contributed by atoms with Gasteiger partial charge < -0.3 is 23.7 Å². The lowest BCUT2D eigenvalue weighted by atomic mass is 9.90. The second kappa shape index (κ2) is 20.7. The number of carbonyl (C=O) groups excluding carboxylic acids is 2. The van der Waals surface area contributed by atoms with E-state index in [1.807, 2.05) is 36.4 Å². The van der Waals surface area contributed by atoms with Crippen LogP contribution in [0.5, 0.6) is 11.5 Å². The van der Waals surface area contributed by atoms with E-state index in [0.717, 1.165) is 88.4 Å². The Labute approximate surface area is 293 Å². The number of esters is 2. The highest BCUT2D eigenvalue weighted by Gasteiger charge is 2.33. The Kier molecular flexibility index (Phi) is 16.1. The maximum atomic E-state index is 12.8. The van der Waals surface area contributed by atoms with Gasteiger partial charge in [0, 0.05) is 12.0 Å². The first-order valence-electron chi connectivity index (χ1n) is 18.4. The van der Waals surface area contributed by atoms with Gasteiger partial charge in [-0.25, -0.2) is 9.59 Å². The third kappa shape index (κ3) is 13.3. The van der Waals surface area contributed by atoms with Gasteiger partial charge >= 0.3 is 11.9 Å². The lowest BCUT2D eigenvalue weighted by Crippen LogP contribution is -2.43. The lowest BCUT2D eigenvalue weighted by molar-refractivity contribution is -0.137. The zero-order chi connectivity index (χ0) is 34.7. The van der Waals surface area contributed by atoms with E-state index in [1.165, 1.54) is 38.5 Å². The second-order valence-electron chi connectivity index (χ2n) is 13.7. The maximum absolute atomic E-state index is 12.8. The van der Waals surface area contributed by atoms with E-state index < -0.39 is 5.97 Å². The van der Waals surface area contributed by atoms with Crippen LogP contribution in [0.1, 0.15) is 119 Å². The molecule has 1 saturated heterocycles. The van der Waals surface area contributed by atoms with Crippen molar-refractivity contribution in [3.8, 4) is 22.6 Å². The van der Waals surface area contributed by atoms with Gasteiger partial charge in [-0.05, 0) is 85.3 Å². The predicted molar refractivity (Wildman–Crippen MR) is 194 cm³/mol. The highest BCUT2D eigenvalue weighted by molar-refractivity contribution is 5.92. The molecule has 3 aromatic carbocycles. The molecule has 1 fully saturated rings. The van der Waals surface area contributed by atoms with Gasteiger partial charge in [0.05, 0.1) is 37.6 Å². The summed E-state index contributed by atoms with van der Waals surface area (Å²) in [4.78, 5) is 25.3. The zero-order valence-electron chi connectivity index (χ0n) is 29.9. The van der Waals surface area contributed by atoms with Crippen molar-refractivity contribution < 1.29 is 33.3 Å². The van der Waals surface area contributed by atoms with Gasteiger partial charge in [0.25, 0.3) is 0 Å². The lowest BCUT2D eigenvalue weighted by Gasteiger charge is -2.37. The third-order valence-corrected chi connectivity index (χ3v) is 8.91. The Morgan fingerprint density at radius 2 is 1.14 bits per heavy atom. The number of hydrogen-bond donors (Lipinski definition) is 0. The van der Waals surface area contributed by atoms with Crippen LogP contribution in [0, 0.1) is 5.41 Å². The summed E-state index contributed by atoms with van der Waals surface area (Å²) >= 11 is 0. The van der Waals surface area contributed by atoms with E-state index in [4.69, 9.17) is 23.7 Å². The minimum Gasteiger partial charge on any atom is -0.494 e. The molecule has 266 valence electrons. The van der Waals surface area contributed by atoms with Crippen LogP contribution in [0.25, 0.3) is 11.1 Å². The highest BCUT2D eigenvalue weighted by Crippen LogP contribution is 2.27. The number of benzene rings is 3. The molecule has 0 unspecified atom stereocenters. The van der Waals surface area contributed by atoms with Crippen LogP contribution >= 0.6 is 0 Å². The number of carbonyl (C=O) groups is 2. The quantitative estimate of drug-likeness (QED) is 0.0563. The van der Waals surface area contributed by atoms with Gasteiger partial charge in [0.15, 0.2) is 0 Å². The SMILES string of the molecule is CCCC(CCC)OC(=O)c1ccc(OC(=O)c2ccc(-c3ccc(OCCCCCCCCCCOCC4(C)COC4)cc3)cc2)cc1. The molecule has 4 rings (SSSR count). The van der Waals surface area contributed by atoms with E-state index >= 15 is 0 Å². The number of ether oxygens (including phenoxy) is 5. The summed E-state index contributed by atoms with van der Waals surface area (Å²) in [5, 5.41) is 0. The van der Waals surface area contributed by atoms with Crippen LogP contribution in [0.2, 0.25) is 0 Å². The highest BCUT2D eigenvalue weighted by atomic mass is 16.5. The van der Waals surface area contributed by atoms with Crippen molar-refractivity contribution in [1.29, 1.82) is 0 Å². The molecular weight excluding hydrogens is 616 g/mol. The first-order valence-corrected chi connectivity index (χ1v) is 18.4. The first kappa shape index (κ1) is 38.1. The van der Waals surface area contributed by atoms with E-state index in [-0.39, 0.29) is 17.5 Å². The van der Waals surface area contributed by atoms with E-state index in [2.05, 4.69) is 20.8 Å². The molecule has 0 N–H and O–H groups in total. The fourth-order valence-electron chi connectivity index (χ4n) is 5.90. The van der Waals surface area contributed by atoms with Crippen molar-refractivity contribution in [1.82, 2.24) is 0 Å². The Hall–Kier alpha value is -3.68. The molecule has 1 heterocycles. The normalized spacial score (nSPS) is 13.6. The van der Waals surface area contributed by atoms with Gasteiger partial charge in [-0.2, -0.15) is 0 Å². The molecule has 0 aromatic heterocycles. The van der Waals surface area contributed by atoms with Crippen LogP contribution in [-0.2, 0) is 14.2 Å². The Morgan fingerprint density at radius 1 is 0.653 bits per heavy atom. The predicted octanol–water partition coefficient (Wildman–Crippen LogP) is 10.3. The number of rotatable bonds is 23. The average Bonchev–Trinajstić information content (AvgIpc) is 3.10. The molecule has 0 atom stereocenters. The topological polar surface area (TPSA) is 80.3 Å². The number of unbranched alkanes of at least 4 members (excludes halogenated alkanes) is 7. The Bertz CT molecular complexity index is 1370. The molecule has 0 spiro atoms. The van der Waals surface area contributed by atoms with Gasteiger partial charge in [-0.1, -0.05) is 96.4 Å². The van der Waals surface area contributed by atoms with Crippen molar-refractivity contribution >= 4 is 11.9 Å². The van der Waals surface area contributed by atoms with E-state index in [9.17, 15) is 9.59 Å². The summed E-state index contributed by atoms with van der Waals surface area (Å²) in [6.07, 6.45) is 13.3. The minimum atomic E-state index is -0.456. The summed E-state index contributed by atoms with van der Waals surface area (Å²) in [6, 6.07) is 21.9. The molecule has 3 aromatic rings.